The van der Waals surface area contributed by atoms with E-state index in [2.05, 4.69) is 4.90 Å². The number of piperidine rings is 1. The highest BCUT2D eigenvalue weighted by atomic mass is 19.1. The average molecular weight is 373 g/mol. The summed E-state index contributed by atoms with van der Waals surface area (Å²) < 4.78 is 24.6. The molecule has 1 aliphatic rings. The Hall–Kier alpha value is -2.60. The molecule has 1 saturated heterocycles. The monoisotopic (exact) mass is 373 g/mol. The largest absolute Gasteiger partial charge is 0.493 e. The van der Waals surface area contributed by atoms with Crippen LogP contribution in [-0.4, -0.2) is 43.3 Å². The van der Waals surface area contributed by atoms with Gasteiger partial charge < -0.3 is 14.6 Å². The van der Waals surface area contributed by atoms with E-state index in [1.165, 1.54) is 12.1 Å². The first-order valence-electron chi connectivity index (χ1n) is 8.97. The van der Waals surface area contributed by atoms with Crippen LogP contribution >= 0.6 is 0 Å². The molecule has 0 radical (unpaired) electrons. The number of ether oxygens (including phenoxy) is 2. The maximum Gasteiger partial charge on any atom is 0.306 e. The van der Waals surface area contributed by atoms with Crippen LogP contribution in [0.5, 0.6) is 11.5 Å². The van der Waals surface area contributed by atoms with Crippen molar-refractivity contribution in [3.63, 3.8) is 0 Å². The number of nitrogens with zero attached hydrogens (tertiary/aromatic N) is 1. The quantitative estimate of drug-likeness (QED) is 0.836. The Morgan fingerprint density at radius 2 is 1.74 bits per heavy atom. The molecule has 1 aliphatic heterocycles. The van der Waals surface area contributed by atoms with Crippen molar-refractivity contribution in [2.75, 3.05) is 27.3 Å². The SMILES string of the molecule is COc1ccc(C(c2cccc(F)c2)N2CCC(C(=O)O)CC2)cc1OC. The molecule has 3 rings (SSSR count). The molecular weight excluding hydrogens is 349 g/mol. The minimum Gasteiger partial charge on any atom is -0.493 e. The highest BCUT2D eigenvalue weighted by Crippen LogP contribution is 2.37. The Morgan fingerprint density at radius 1 is 1.07 bits per heavy atom. The molecule has 1 atom stereocenters. The number of rotatable bonds is 6. The number of carboxylic acids is 1. The van der Waals surface area contributed by atoms with Gasteiger partial charge in [-0.1, -0.05) is 18.2 Å². The smallest absolute Gasteiger partial charge is 0.306 e. The Morgan fingerprint density at radius 3 is 2.33 bits per heavy atom. The van der Waals surface area contributed by atoms with Gasteiger partial charge in [-0.3, -0.25) is 9.69 Å². The summed E-state index contributed by atoms with van der Waals surface area (Å²) in [6.07, 6.45) is 1.16. The molecule has 0 aromatic heterocycles. The number of hydrogen-bond acceptors (Lipinski definition) is 4. The van der Waals surface area contributed by atoms with Gasteiger partial charge in [0.15, 0.2) is 11.5 Å². The van der Waals surface area contributed by atoms with Crippen LogP contribution < -0.4 is 9.47 Å². The van der Waals surface area contributed by atoms with Gasteiger partial charge in [0.25, 0.3) is 0 Å². The van der Waals surface area contributed by atoms with Gasteiger partial charge in [0.2, 0.25) is 0 Å². The van der Waals surface area contributed by atoms with E-state index < -0.39 is 5.97 Å². The molecular formula is C21H24FNO4. The van der Waals surface area contributed by atoms with Gasteiger partial charge in [0.1, 0.15) is 5.82 Å². The average Bonchev–Trinajstić information content (AvgIpc) is 2.68. The minimum absolute atomic E-state index is 0.185. The van der Waals surface area contributed by atoms with E-state index in [4.69, 9.17) is 9.47 Å². The third-order valence-corrected chi connectivity index (χ3v) is 5.13. The zero-order valence-corrected chi connectivity index (χ0v) is 15.5. The first kappa shape index (κ1) is 19.2. The first-order valence-corrected chi connectivity index (χ1v) is 8.97. The van der Waals surface area contributed by atoms with Crippen molar-refractivity contribution >= 4 is 5.97 Å². The van der Waals surface area contributed by atoms with E-state index >= 15 is 0 Å². The van der Waals surface area contributed by atoms with Gasteiger partial charge >= 0.3 is 5.97 Å². The summed E-state index contributed by atoms with van der Waals surface area (Å²) in [7, 11) is 3.16. The second-order valence-corrected chi connectivity index (χ2v) is 6.72. The molecule has 1 heterocycles. The normalized spacial score (nSPS) is 16.7. The van der Waals surface area contributed by atoms with Crippen molar-refractivity contribution in [1.82, 2.24) is 4.90 Å². The lowest BCUT2D eigenvalue weighted by molar-refractivity contribution is -0.143. The van der Waals surface area contributed by atoms with Crippen LogP contribution in [0.4, 0.5) is 4.39 Å². The molecule has 6 heteroatoms. The van der Waals surface area contributed by atoms with Crippen LogP contribution in [0.25, 0.3) is 0 Å². The third kappa shape index (κ3) is 4.22. The van der Waals surface area contributed by atoms with Gasteiger partial charge in [-0.05, 0) is 61.3 Å². The highest BCUT2D eigenvalue weighted by molar-refractivity contribution is 5.70. The number of aliphatic carboxylic acids is 1. The summed E-state index contributed by atoms with van der Waals surface area (Å²) in [5.41, 5.74) is 1.78. The Balaban J connectivity index is 1.97. The van der Waals surface area contributed by atoms with Crippen LogP contribution in [0.15, 0.2) is 42.5 Å². The van der Waals surface area contributed by atoms with Crippen molar-refractivity contribution < 1.29 is 23.8 Å². The number of methoxy groups -OCH3 is 2. The fraction of sp³-hybridized carbons (Fsp3) is 0.381. The number of carboxylic acid groups (broad SMARTS) is 1. The third-order valence-electron chi connectivity index (χ3n) is 5.13. The molecule has 2 aromatic rings. The van der Waals surface area contributed by atoms with Crippen molar-refractivity contribution in [2.24, 2.45) is 5.92 Å². The van der Waals surface area contributed by atoms with Gasteiger partial charge in [0.05, 0.1) is 26.2 Å². The summed E-state index contributed by atoms with van der Waals surface area (Å²) >= 11 is 0. The Labute approximate surface area is 158 Å². The molecule has 27 heavy (non-hydrogen) atoms. The van der Waals surface area contributed by atoms with Gasteiger partial charge in [-0.25, -0.2) is 4.39 Å². The van der Waals surface area contributed by atoms with Crippen LogP contribution in [0.2, 0.25) is 0 Å². The predicted octanol–water partition coefficient (Wildman–Crippen LogP) is 3.73. The lowest BCUT2D eigenvalue weighted by Crippen LogP contribution is -2.39. The predicted molar refractivity (Wildman–Crippen MR) is 99.7 cm³/mol. The van der Waals surface area contributed by atoms with E-state index in [-0.39, 0.29) is 17.8 Å². The van der Waals surface area contributed by atoms with Crippen molar-refractivity contribution in [1.29, 1.82) is 0 Å². The molecule has 0 spiro atoms. The Bertz CT molecular complexity index is 803. The van der Waals surface area contributed by atoms with Crippen molar-refractivity contribution in [3.8, 4) is 11.5 Å². The van der Waals surface area contributed by atoms with Crippen LogP contribution in [0.1, 0.15) is 30.0 Å². The number of halogens is 1. The highest BCUT2D eigenvalue weighted by Gasteiger charge is 2.30. The zero-order valence-electron chi connectivity index (χ0n) is 15.5. The summed E-state index contributed by atoms with van der Waals surface area (Å²) in [6, 6.07) is 12.0. The molecule has 2 aromatic carbocycles. The fourth-order valence-corrected chi connectivity index (χ4v) is 3.72. The number of likely N-dealkylation sites (tertiary alicyclic amines) is 1. The van der Waals surface area contributed by atoms with Gasteiger partial charge in [-0.15, -0.1) is 0 Å². The molecule has 0 aliphatic carbocycles. The molecule has 144 valence electrons. The van der Waals surface area contributed by atoms with E-state index in [9.17, 15) is 14.3 Å². The topological polar surface area (TPSA) is 59.0 Å². The number of carbonyl (C=O) groups is 1. The zero-order chi connectivity index (χ0) is 19.4. The van der Waals surface area contributed by atoms with Crippen LogP contribution in [0, 0.1) is 11.7 Å². The second-order valence-electron chi connectivity index (χ2n) is 6.72. The summed E-state index contributed by atoms with van der Waals surface area (Å²) in [4.78, 5) is 13.5. The van der Waals surface area contributed by atoms with Crippen molar-refractivity contribution in [3.05, 3.63) is 59.4 Å². The molecule has 1 N–H and O–H groups in total. The van der Waals surface area contributed by atoms with Crippen LogP contribution in [-0.2, 0) is 4.79 Å². The molecule has 1 fully saturated rings. The number of hydrogen-bond donors (Lipinski definition) is 1. The minimum atomic E-state index is -0.747. The van der Waals surface area contributed by atoms with Gasteiger partial charge in [0, 0.05) is 0 Å². The van der Waals surface area contributed by atoms with Crippen LogP contribution in [0.3, 0.4) is 0 Å². The molecule has 5 nitrogen and oxygen atoms in total. The molecule has 1 unspecified atom stereocenters. The lowest BCUT2D eigenvalue weighted by Gasteiger charge is -2.37. The summed E-state index contributed by atoms with van der Waals surface area (Å²) in [5.74, 6) is -0.123. The summed E-state index contributed by atoms with van der Waals surface area (Å²) in [6.45, 7) is 1.26. The maximum atomic E-state index is 13.9. The standard InChI is InChI=1S/C21H24FNO4/c1-26-18-7-6-16(13-19(18)27-2)20(15-4-3-5-17(22)12-15)23-10-8-14(9-11-23)21(24)25/h3-7,12-14,20H,8-11H2,1-2H3,(H,24,25). The first-order chi connectivity index (χ1) is 13.0. The molecule has 0 bridgehead atoms. The lowest BCUT2D eigenvalue weighted by atomic mass is 9.91. The summed E-state index contributed by atoms with van der Waals surface area (Å²) in [5, 5.41) is 9.26. The van der Waals surface area contributed by atoms with E-state index in [1.54, 1.807) is 20.3 Å². The molecule has 0 amide bonds. The second kappa shape index (κ2) is 8.39. The number of benzene rings is 2. The van der Waals surface area contributed by atoms with E-state index in [1.807, 2.05) is 24.3 Å². The van der Waals surface area contributed by atoms with Crippen molar-refractivity contribution in [2.45, 2.75) is 18.9 Å². The maximum absolute atomic E-state index is 13.9. The Kier molecular flexibility index (Phi) is 5.96. The fourth-order valence-electron chi connectivity index (χ4n) is 3.72. The van der Waals surface area contributed by atoms with Gasteiger partial charge in [-0.2, -0.15) is 0 Å². The van der Waals surface area contributed by atoms with E-state index in [0.29, 0.717) is 37.4 Å². The molecule has 0 saturated carbocycles. The van der Waals surface area contributed by atoms with E-state index in [0.717, 1.165) is 11.1 Å².